The van der Waals surface area contributed by atoms with Crippen molar-refractivity contribution >= 4 is 5.78 Å². The van der Waals surface area contributed by atoms with Crippen molar-refractivity contribution < 1.29 is 4.79 Å². The number of benzene rings is 3. The zero-order valence-corrected chi connectivity index (χ0v) is 29.3. The van der Waals surface area contributed by atoms with E-state index in [1.807, 2.05) is 41.5 Å². The Morgan fingerprint density at radius 2 is 0.692 bits per heavy atom. The summed E-state index contributed by atoms with van der Waals surface area (Å²) in [5.74, 6) is 0.167. The second-order valence-electron chi connectivity index (χ2n) is 9.66. The van der Waals surface area contributed by atoms with E-state index in [-0.39, 0.29) is 5.78 Å². The van der Waals surface area contributed by atoms with Crippen molar-refractivity contribution in [2.75, 3.05) is 0 Å². The number of aryl methyl sites for hydroxylation is 3. The summed E-state index contributed by atoms with van der Waals surface area (Å²) in [5, 5.41) is 0. The van der Waals surface area contributed by atoms with E-state index in [1.165, 1.54) is 86.2 Å². The minimum Gasteiger partial charge on any atom is -0.300 e. The molecule has 0 radical (unpaired) electrons. The molecular formula is C38H62O. The fourth-order valence-electron chi connectivity index (χ4n) is 4.07. The molecule has 0 aliphatic rings. The van der Waals surface area contributed by atoms with Gasteiger partial charge in [-0.3, -0.25) is 0 Å². The predicted octanol–water partition coefficient (Wildman–Crippen LogP) is 12.1. The lowest BCUT2D eigenvalue weighted by atomic mass is 9.86. The fourth-order valence-corrected chi connectivity index (χ4v) is 4.07. The molecule has 0 N–H and O–H groups in total. The largest absolute Gasteiger partial charge is 0.300 e. The second-order valence-corrected chi connectivity index (χ2v) is 9.66. The van der Waals surface area contributed by atoms with Crippen LogP contribution in [0.1, 0.15) is 117 Å². The van der Waals surface area contributed by atoms with Gasteiger partial charge >= 0.3 is 0 Å². The van der Waals surface area contributed by atoms with Gasteiger partial charge in [-0.15, -0.1) is 0 Å². The molecule has 39 heavy (non-hydrogen) atoms. The van der Waals surface area contributed by atoms with Crippen LogP contribution in [0, 0.1) is 76.2 Å². The Kier molecular flexibility index (Phi) is 22.2. The number of hydrogen-bond acceptors (Lipinski definition) is 1. The van der Waals surface area contributed by atoms with Gasteiger partial charge in [-0.1, -0.05) is 77.4 Å². The van der Waals surface area contributed by atoms with Crippen LogP contribution >= 0.6 is 0 Å². The molecule has 0 heterocycles. The Morgan fingerprint density at radius 1 is 0.436 bits per heavy atom. The van der Waals surface area contributed by atoms with Gasteiger partial charge in [0.2, 0.25) is 0 Å². The van der Waals surface area contributed by atoms with E-state index in [4.69, 9.17) is 0 Å². The minimum absolute atomic E-state index is 0.167. The summed E-state index contributed by atoms with van der Waals surface area (Å²) >= 11 is 0. The fraction of sp³-hybridized carbons (Fsp3) is 0.500. The van der Waals surface area contributed by atoms with E-state index in [2.05, 4.69) is 106 Å². The monoisotopic (exact) mass is 534 g/mol. The van der Waals surface area contributed by atoms with Crippen molar-refractivity contribution in [3.8, 4) is 11.1 Å². The summed E-state index contributed by atoms with van der Waals surface area (Å²) < 4.78 is 0. The Labute approximate surface area is 244 Å². The molecule has 3 aromatic carbocycles. The van der Waals surface area contributed by atoms with Crippen molar-refractivity contribution in [3.63, 3.8) is 0 Å². The van der Waals surface area contributed by atoms with Crippen molar-refractivity contribution in [2.45, 2.75) is 132 Å². The van der Waals surface area contributed by atoms with Gasteiger partial charge in [0.15, 0.2) is 0 Å². The highest BCUT2D eigenvalue weighted by Crippen LogP contribution is 2.34. The number of carbonyl (C=O) groups excluding carboxylic acids is 1. The highest BCUT2D eigenvalue weighted by molar-refractivity contribution is 5.74. The zero-order chi connectivity index (χ0) is 31.6. The summed E-state index contributed by atoms with van der Waals surface area (Å²) in [6, 6.07) is 11.1. The van der Waals surface area contributed by atoms with Crippen LogP contribution in [0.2, 0.25) is 0 Å². The number of hydrogen-bond donors (Lipinski definition) is 0. The number of rotatable bonds is 1. The highest BCUT2D eigenvalue weighted by atomic mass is 16.1. The van der Waals surface area contributed by atoms with Gasteiger partial charge in [0.25, 0.3) is 0 Å². The van der Waals surface area contributed by atoms with Gasteiger partial charge in [-0.25, -0.2) is 0 Å². The van der Waals surface area contributed by atoms with Crippen LogP contribution < -0.4 is 0 Å². The van der Waals surface area contributed by atoms with E-state index in [9.17, 15) is 4.79 Å². The molecule has 0 saturated heterocycles. The Bertz CT molecular complexity index is 1070. The topological polar surface area (TPSA) is 17.1 Å². The van der Waals surface area contributed by atoms with E-state index in [0.29, 0.717) is 0 Å². The van der Waals surface area contributed by atoms with E-state index >= 15 is 0 Å². The summed E-state index contributed by atoms with van der Waals surface area (Å²) in [5.41, 5.74) is 18.3. The smallest absolute Gasteiger partial charge is 0.126 e. The van der Waals surface area contributed by atoms with Crippen molar-refractivity contribution in [1.29, 1.82) is 0 Å². The molecular weight excluding hydrogens is 472 g/mol. The molecule has 0 unspecified atom stereocenters. The molecule has 0 fully saturated rings. The summed E-state index contributed by atoms with van der Waals surface area (Å²) in [6.07, 6.45) is 0. The van der Waals surface area contributed by atoms with E-state index in [1.54, 1.807) is 0 Å². The third kappa shape index (κ3) is 12.8. The molecule has 1 nitrogen and oxygen atoms in total. The van der Waals surface area contributed by atoms with Gasteiger partial charge in [0.1, 0.15) is 5.78 Å². The maximum atomic E-state index is 9.44. The van der Waals surface area contributed by atoms with Crippen LogP contribution in [0.25, 0.3) is 11.1 Å². The van der Waals surface area contributed by atoms with Crippen LogP contribution in [0.4, 0.5) is 0 Å². The second kappa shape index (κ2) is 21.2. The van der Waals surface area contributed by atoms with Crippen LogP contribution in [-0.2, 0) is 4.79 Å². The lowest BCUT2D eigenvalue weighted by Crippen LogP contribution is -1.99. The summed E-state index contributed by atoms with van der Waals surface area (Å²) in [7, 11) is 0. The zero-order valence-electron chi connectivity index (χ0n) is 29.3. The first-order valence-electron chi connectivity index (χ1n) is 14.9. The number of carbonyl (C=O) groups is 1. The third-order valence-electron chi connectivity index (χ3n) is 7.08. The quantitative estimate of drug-likeness (QED) is 0.303. The van der Waals surface area contributed by atoms with Gasteiger partial charge < -0.3 is 4.79 Å². The third-order valence-corrected chi connectivity index (χ3v) is 7.08. The van der Waals surface area contributed by atoms with Crippen molar-refractivity contribution in [3.05, 3.63) is 91.5 Å². The number of ketones is 1. The number of Topliss-reactive ketones (excluding diaryl/α,β-unsaturated/α-hetero) is 1. The first-order chi connectivity index (χ1) is 18.2. The summed E-state index contributed by atoms with van der Waals surface area (Å²) in [6.45, 7) is 39.3. The molecule has 0 atom stereocenters. The Balaban J connectivity index is -0.000000527. The van der Waals surface area contributed by atoms with E-state index in [0.717, 1.165) is 0 Å². The first kappa shape index (κ1) is 40.8. The Hall–Kier alpha value is -2.67. The standard InChI is InChI=1S/C18H22.C11H16.C3H6O.3C2H6/c1-11-7-9-17(10-8-11)18-15(5)13(3)12(2)14(4)16(18)6;1-7-6-8(2)10(4)11(5)9(7)3;1-3(2)4;3*1-2/h7-10H,1-6H3;6H,1-5H3;1-2H3;3*1-2H3. The average Bonchev–Trinajstić information content (AvgIpc) is 2.93. The van der Waals surface area contributed by atoms with Crippen LogP contribution in [0.3, 0.4) is 0 Å². The molecule has 0 saturated carbocycles. The SMILES string of the molecule is CC.CC.CC.CC(C)=O.Cc1cc(C)c(C)c(C)c1C.Cc1ccc(-c2c(C)c(C)c(C)c(C)c2C)cc1. The average molecular weight is 535 g/mol. The first-order valence-corrected chi connectivity index (χ1v) is 14.9. The molecule has 0 amide bonds. The maximum Gasteiger partial charge on any atom is 0.126 e. The van der Waals surface area contributed by atoms with Gasteiger partial charge in [0, 0.05) is 0 Å². The molecule has 0 bridgehead atoms. The molecule has 0 aromatic heterocycles. The van der Waals surface area contributed by atoms with Gasteiger partial charge in [0.05, 0.1) is 0 Å². The molecule has 3 aromatic rings. The van der Waals surface area contributed by atoms with Crippen LogP contribution in [0.15, 0.2) is 30.3 Å². The van der Waals surface area contributed by atoms with Crippen molar-refractivity contribution in [1.82, 2.24) is 0 Å². The maximum absolute atomic E-state index is 9.44. The molecule has 0 aliphatic carbocycles. The summed E-state index contributed by atoms with van der Waals surface area (Å²) in [4.78, 5) is 9.44. The molecule has 1 heteroatoms. The predicted molar refractivity (Wildman–Crippen MR) is 181 cm³/mol. The molecule has 3 rings (SSSR count). The van der Waals surface area contributed by atoms with Gasteiger partial charge in [-0.2, -0.15) is 0 Å². The normalized spacial score (nSPS) is 9.00. The lowest BCUT2D eigenvalue weighted by Gasteiger charge is -2.19. The van der Waals surface area contributed by atoms with Crippen molar-refractivity contribution in [2.24, 2.45) is 0 Å². The van der Waals surface area contributed by atoms with E-state index < -0.39 is 0 Å². The highest BCUT2D eigenvalue weighted by Gasteiger charge is 2.13. The Morgan fingerprint density at radius 3 is 1.00 bits per heavy atom. The van der Waals surface area contributed by atoms with Crippen LogP contribution in [0.5, 0.6) is 0 Å². The minimum atomic E-state index is 0.167. The lowest BCUT2D eigenvalue weighted by molar-refractivity contribution is -0.114. The molecule has 0 aliphatic heterocycles. The van der Waals surface area contributed by atoms with Gasteiger partial charge in [-0.05, 0) is 157 Å². The molecule has 0 spiro atoms. The van der Waals surface area contributed by atoms with Crippen LogP contribution in [-0.4, -0.2) is 5.78 Å². The molecule has 220 valence electrons.